The zero-order valence-corrected chi connectivity index (χ0v) is 23.8. The molecule has 0 unspecified atom stereocenters. The molecule has 0 bridgehead atoms. The number of para-hydroxylation sites is 1. The third-order valence-corrected chi connectivity index (χ3v) is 8.05. The summed E-state index contributed by atoms with van der Waals surface area (Å²) in [6, 6.07) is 21.5. The fourth-order valence-electron chi connectivity index (χ4n) is 3.78. The molecule has 3 aromatic rings. The zero-order chi connectivity index (χ0) is 27.2. The molecule has 3 rings (SSSR count). The molecular weight excluding hydrogens is 554 g/mol. The summed E-state index contributed by atoms with van der Waals surface area (Å²) in [5.74, 6) is -0.808. The predicted octanol–water partition coefficient (Wildman–Crippen LogP) is 4.89. The number of carbonyl (C=O) groups excluding carboxylic acids is 2. The number of sulfonamides is 1. The first-order chi connectivity index (χ1) is 17.5. The molecule has 2 amide bonds. The average Bonchev–Trinajstić information content (AvgIpc) is 2.85. The second kappa shape index (κ2) is 12.4. The maximum atomic E-state index is 13.8. The topological polar surface area (TPSA) is 86.8 Å². The van der Waals surface area contributed by atoms with E-state index in [9.17, 15) is 18.0 Å². The molecule has 7 nitrogen and oxygen atoms in total. The van der Waals surface area contributed by atoms with Crippen LogP contribution in [0.3, 0.4) is 0 Å². The zero-order valence-electron chi connectivity index (χ0n) is 21.4. The van der Waals surface area contributed by atoms with Gasteiger partial charge in [0.05, 0.1) is 10.6 Å². The van der Waals surface area contributed by atoms with Crippen LogP contribution in [0.2, 0.25) is 0 Å². The molecule has 3 aromatic carbocycles. The van der Waals surface area contributed by atoms with Crippen molar-refractivity contribution in [3.8, 4) is 0 Å². The van der Waals surface area contributed by atoms with Crippen molar-refractivity contribution >= 4 is 43.5 Å². The van der Waals surface area contributed by atoms with Gasteiger partial charge < -0.3 is 10.2 Å². The number of halogens is 1. The summed E-state index contributed by atoms with van der Waals surface area (Å²) in [5, 5.41) is 2.85. The van der Waals surface area contributed by atoms with Crippen LogP contribution in [0.5, 0.6) is 0 Å². The second-order valence-corrected chi connectivity index (χ2v) is 11.9. The summed E-state index contributed by atoms with van der Waals surface area (Å²) in [5.41, 5.74) is 2.09. The van der Waals surface area contributed by atoms with Crippen molar-refractivity contribution in [1.29, 1.82) is 0 Å². The Morgan fingerprint density at radius 2 is 1.57 bits per heavy atom. The molecule has 0 fully saturated rings. The van der Waals surface area contributed by atoms with E-state index < -0.39 is 28.5 Å². The first-order valence-electron chi connectivity index (χ1n) is 12.0. The van der Waals surface area contributed by atoms with E-state index in [2.05, 4.69) is 21.2 Å². The van der Waals surface area contributed by atoms with Gasteiger partial charge in [-0.15, -0.1) is 0 Å². The average molecular weight is 587 g/mol. The predicted molar refractivity (Wildman–Crippen MR) is 150 cm³/mol. The lowest BCUT2D eigenvalue weighted by molar-refractivity contribution is -0.139. The van der Waals surface area contributed by atoms with Gasteiger partial charge in [-0.1, -0.05) is 64.0 Å². The maximum absolute atomic E-state index is 13.8. The number of amides is 2. The van der Waals surface area contributed by atoms with Crippen molar-refractivity contribution in [3.63, 3.8) is 0 Å². The number of rotatable bonds is 10. The van der Waals surface area contributed by atoms with E-state index in [1.807, 2.05) is 45.0 Å². The lowest BCUT2D eigenvalue weighted by Gasteiger charge is -2.32. The molecule has 0 heterocycles. The molecule has 0 aliphatic carbocycles. The van der Waals surface area contributed by atoms with Gasteiger partial charge >= 0.3 is 0 Å². The summed E-state index contributed by atoms with van der Waals surface area (Å²) < 4.78 is 29.4. The fourth-order valence-corrected chi connectivity index (χ4v) is 5.64. The molecule has 9 heteroatoms. The van der Waals surface area contributed by atoms with Gasteiger partial charge in [0.15, 0.2) is 0 Å². The Morgan fingerprint density at radius 1 is 0.919 bits per heavy atom. The van der Waals surface area contributed by atoms with E-state index in [4.69, 9.17) is 0 Å². The standard InChI is InChI=1S/C28H32BrN3O4S/c1-20(2)30-28(34)22(4)31(18-23-9-8-10-24(29)17-23)27(33)19-32(25-11-6-5-7-12-25)37(35,36)26-15-13-21(3)14-16-26/h5-17,20,22H,18-19H2,1-4H3,(H,30,34)/t22-/m1/s1. The van der Waals surface area contributed by atoms with Crippen molar-refractivity contribution in [2.45, 2.75) is 51.2 Å². The lowest BCUT2D eigenvalue weighted by atomic mass is 10.1. The van der Waals surface area contributed by atoms with Gasteiger partial charge in [-0.2, -0.15) is 0 Å². The first kappa shape index (κ1) is 28.4. The van der Waals surface area contributed by atoms with E-state index in [-0.39, 0.29) is 23.4 Å². The maximum Gasteiger partial charge on any atom is 0.264 e. The van der Waals surface area contributed by atoms with Gasteiger partial charge in [0, 0.05) is 17.1 Å². The van der Waals surface area contributed by atoms with E-state index in [0.29, 0.717) is 5.69 Å². The highest BCUT2D eigenvalue weighted by Gasteiger charge is 2.32. The van der Waals surface area contributed by atoms with Crippen LogP contribution in [0.15, 0.2) is 88.2 Å². The highest BCUT2D eigenvalue weighted by molar-refractivity contribution is 9.10. The van der Waals surface area contributed by atoms with Crippen LogP contribution in [0.25, 0.3) is 0 Å². The Morgan fingerprint density at radius 3 is 2.16 bits per heavy atom. The molecule has 1 N–H and O–H groups in total. The highest BCUT2D eigenvalue weighted by Crippen LogP contribution is 2.25. The minimum atomic E-state index is -4.07. The number of carbonyl (C=O) groups is 2. The van der Waals surface area contributed by atoms with E-state index >= 15 is 0 Å². The molecule has 0 aromatic heterocycles. The van der Waals surface area contributed by atoms with Gasteiger partial charge in [-0.05, 0) is 69.7 Å². The molecule has 0 saturated heterocycles. The number of hydrogen-bond donors (Lipinski definition) is 1. The van der Waals surface area contributed by atoms with Crippen molar-refractivity contribution in [1.82, 2.24) is 10.2 Å². The highest BCUT2D eigenvalue weighted by atomic mass is 79.9. The van der Waals surface area contributed by atoms with E-state index in [1.165, 1.54) is 17.0 Å². The van der Waals surface area contributed by atoms with Crippen LogP contribution in [0.4, 0.5) is 5.69 Å². The number of aryl methyl sites for hydroxylation is 1. The Bertz CT molecular complexity index is 1330. The summed E-state index contributed by atoms with van der Waals surface area (Å²) in [6.45, 7) is 6.88. The molecule has 0 spiro atoms. The minimum absolute atomic E-state index is 0.0823. The Balaban J connectivity index is 2.00. The minimum Gasteiger partial charge on any atom is -0.352 e. The van der Waals surface area contributed by atoms with E-state index in [0.717, 1.165) is 19.9 Å². The number of anilines is 1. The van der Waals surface area contributed by atoms with Crippen molar-refractivity contribution in [3.05, 3.63) is 94.5 Å². The van der Waals surface area contributed by atoms with Crippen LogP contribution >= 0.6 is 15.9 Å². The summed E-state index contributed by atoms with van der Waals surface area (Å²) in [4.78, 5) is 28.2. The first-order valence-corrected chi connectivity index (χ1v) is 14.2. The SMILES string of the molecule is Cc1ccc(S(=O)(=O)N(CC(=O)N(Cc2cccc(Br)c2)[C@H](C)C(=O)NC(C)C)c2ccccc2)cc1. The largest absolute Gasteiger partial charge is 0.352 e. The molecule has 1 atom stereocenters. The number of nitrogens with one attached hydrogen (secondary N) is 1. The molecule has 0 aliphatic rings. The van der Waals surface area contributed by atoms with Crippen LogP contribution in [0, 0.1) is 6.92 Å². The van der Waals surface area contributed by atoms with Crippen LogP contribution in [-0.2, 0) is 26.2 Å². The van der Waals surface area contributed by atoms with Crippen molar-refractivity contribution < 1.29 is 18.0 Å². The molecule has 0 aliphatic heterocycles. The van der Waals surface area contributed by atoms with Gasteiger partial charge in [-0.3, -0.25) is 13.9 Å². The van der Waals surface area contributed by atoms with E-state index in [1.54, 1.807) is 49.4 Å². The molecule has 37 heavy (non-hydrogen) atoms. The summed E-state index contributed by atoms with van der Waals surface area (Å²) in [7, 11) is -4.07. The summed E-state index contributed by atoms with van der Waals surface area (Å²) >= 11 is 3.45. The quantitative estimate of drug-likeness (QED) is 0.367. The number of nitrogens with zero attached hydrogens (tertiary/aromatic N) is 2. The molecule has 0 saturated carbocycles. The lowest BCUT2D eigenvalue weighted by Crippen LogP contribution is -2.52. The smallest absolute Gasteiger partial charge is 0.264 e. The van der Waals surface area contributed by atoms with Crippen LogP contribution < -0.4 is 9.62 Å². The number of hydrogen-bond acceptors (Lipinski definition) is 4. The van der Waals surface area contributed by atoms with Gasteiger partial charge in [0.2, 0.25) is 11.8 Å². The van der Waals surface area contributed by atoms with Crippen molar-refractivity contribution in [2.75, 3.05) is 10.8 Å². The second-order valence-electron chi connectivity index (χ2n) is 9.15. The summed E-state index contributed by atoms with van der Waals surface area (Å²) in [6.07, 6.45) is 0. The molecule has 196 valence electrons. The van der Waals surface area contributed by atoms with Gasteiger partial charge in [-0.25, -0.2) is 8.42 Å². The Labute approximate surface area is 227 Å². The Kier molecular flexibility index (Phi) is 9.50. The third kappa shape index (κ3) is 7.42. The number of benzene rings is 3. The fraction of sp³-hybridized carbons (Fsp3) is 0.286. The van der Waals surface area contributed by atoms with Gasteiger partial charge in [0.25, 0.3) is 10.0 Å². The van der Waals surface area contributed by atoms with Crippen LogP contribution in [-0.4, -0.2) is 43.8 Å². The van der Waals surface area contributed by atoms with Gasteiger partial charge in [0.1, 0.15) is 12.6 Å². The molecule has 0 radical (unpaired) electrons. The van der Waals surface area contributed by atoms with Crippen LogP contribution in [0.1, 0.15) is 31.9 Å². The third-order valence-electron chi connectivity index (χ3n) is 5.77. The molecular formula is C28H32BrN3O4S. The monoisotopic (exact) mass is 585 g/mol. The Hall–Kier alpha value is -3.17. The normalized spacial score (nSPS) is 12.2. The van der Waals surface area contributed by atoms with Crippen molar-refractivity contribution in [2.24, 2.45) is 0 Å².